The first kappa shape index (κ1) is 42.9. The molecule has 6 heteroatoms. The van der Waals surface area contributed by atoms with Gasteiger partial charge in [0, 0.05) is 19.8 Å². The van der Waals surface area contributed by atoms with Crippen LogP contribution in [0.25, 0.3) is 0 Å². The maximum Gasteiger partial charge on any atom is 0.306 e. The number of carbonyl (C=O) groups is 3. The van der Waals surface area contributed by atoms with Crippen LogP contribution in [0.1, 0.15) is 188 Å². The van der Waals surface area contributed by atoms with Gasteiger partial charge in [-0.2, -0.15) is 0 Å². The number of esters is 3. The van der Waals surface area contributed by atoms with E-state index in [1.165, 1.54) is 96.8 Å². The molecule has 0 saturated heterocycles. The van der Waals surface area contributed by atoms with Gasteiger partial charge in [-0.3, -0.25) is 14.4 Å². The summed E-state index contributed by atoms with van der Waals surface area (Å²) in [6, 6.07) is 0. The standard InChI is InChI=1S/C39H70O6/c1-4-6-8-10-12-14-16-18-19-21-23-25-27-29-31-33-39(42)45-37(34-43-36(3)40)35-44-38(41)32-30-28-26-24-22-20-17-15-13-11-9-7-5-2/h12,14,18-19,37H,4-11,13,15-17,20-35H2,1-3H3/b14-12-,19-18-/t37-/m1/s1. The first-order chi connectivity index (χ1) is 22.0. The van der Waals surface area contributed by atoms with E-state index in [2.05, 4.69) is 38.2 Å². The van der Waals surface area contributed by atoms with Gasteiger partial charge in [-0.1, -0.05) is 147 Å². The number of hydrogen-bond acceptors (Lipinski definition) is 6. The molecule has 45 heavy (non-hydrogen) atoms. The van der Waals surface area contributed by atoms with Crippen LogP contribution in [0.3, 0.4) is 0 Å². The predicted molar refractivity (Wildman–Crippen MR) is 187 cm³/mol. The molecule has 0 N–H and O–H groups in total. The molecule has 0 aromatic rings. The minimum absolute atomic E-state index is 0.0849. The van der Waals surface area contributed by atoms with E-state index in [0.717, 1.165) is 64.2 Å². The molecule has 0 radical (unpaired) electrons. The zero-order valence-electron chi connectivity index (χ0n) is 29.6. The van der Waals surface area contributed by atoms with Crippen molar-refractivity contribution >= 4 is 17.9 Å². The smallest absolute Gasteiger partial charge is 0.306 e. The predicted octanol–water partition coefficient (Wildman–Crippen LogP) is 11.3. The fourth-order valence-corrected chi connectivity index (χ4v) is 5.20. The monoisotopic (exact) mass is 635 g/mol. The second-order valence-corrected chi connectivity index (χ2v) is 12.6. The van der Waals surface area contributed by atoms with E-state index in [9.17, 15) is 14.4 Å². The Morgan fingerprint density at radius 3 is 1.40 bits per heavy atom. The summed E-state index contributed by atoms with van der Waals surface area (Å²) in [5, 5.41) is 0. The minimum Gasteiger partial charge on any atom is -0.462 e. The van der Waals surface area contributed by atoms with Crippen LogP contribution >= 0.6 is 0 Å². The van der Waals surface area contributed by atoms with Crippen molar-refractivity contribution in [2.24, 2.45) is 0 Å². The molecule has 0 aliphatic carbocycles. The molecule has 0 aliphatic rings. The Labute approximate surface area is 277 Å². The van der Waals surface area contributed by atoms with Crippen molar-refractivity contribution in [1.82, 2.24) is 0 Å². The van der Waals surface area contributed by atoms with Crippen molar-refractivity contribution in [3.63, 3.8) is 0 Å². The highest BCUT2D eigenvalue weighted by atomic mass is 16.6. The molecule has 0 aromatic heterocycles. The van der Waals surface area contributed by atoms with Crippen LogP contribution in [0.2, 0.25) is 0 Å². The summed E-state index contributed by atoms with van der Waals surface area (Å²) >= 11 is 0. The van der Waals surface area contributed by atoms with E-state index in [1.54, 1.807) is 0 Å². The lowest BCUT2D eigenvalue weighted by Gasteiger charge is -2.17. The van der Waals surface area contributed by atoms with Gasteiger partial charge in [0.15, 0.2) is 6.10 Å². The molecule has 0 rings (SSSR count). The number of unbranched alkanes of at least 4 members (excludes halogenated alkanes) is 20. The zero-order chi connectivity index (χ0) is 33.1. The first-order valence-electron chi connectivity index (χ1n) is 18.8. The van der Waals surface area contributed by atoms with E-state index in [4.69, 9.17) is 14.2 Å². The Bertz CT molecular complexity index is 744. The van der Waals surface area contributed by atoms with Gasteiger partial charge in [0.1, 0.15) is 13.2 Å². The van der Waals surface area contributed by atoms with Gasteiger partial charge in [-0.15, -0.1) is 0 Å². The normalized spacial score (nSPS) is 12.2. The molecule has 0 amide bonds. The molecule has 0 unspecified atom stereocenters. The van der Waals surface area contributed by atoms with Gasteiger partial charge in [-0.25, -0.2) is 0 Å². The second kappa shape index (κ2) is 34.8. The van der Waals surface area contributed by atoms with Crippen LogP contribution in [0.5, 0.6) is 0 Å². The van der Waals surface area contributed by atoms with Gasteiger partial charge >= 0.3 is 17.9 Å². The van der Waals surface area contributed by atoms with Crippen molar-refractivity contribution < 1.29 is 28.6 Å². The number of ether oxygens (including phenoxy) is 3. The van der Waals surface area contributed by atoms with Gasteiger partial charge in [-0.05, 0) is 44.9 Å². The van der Waals surface area contributed by atoms with Crippen molar-refractivity contribution in [2.45, 2.75) is 194 Å². The lowest BCUT2D eigenvalue weighted by atomic mass is 10.0. The Morgan fingerprint density at radius 2 is 0.889 bits per heavy atom. The molecule has 1 atom stereocenters. The summed E-state index contributed by atoms with van der Waals surface area (Å²) in [7, 11) is 0. The lowest BCUT2D eigenvalue weighted by molar-refractivity contribution is -0.166. The quantitative estimate of drug-likeness (QED) is 0.0309. The third-order valence-electron chi connectivity index (χ3n) is 8.02. The summed E-state index contributed by atoms with van der Waals surface area (Å²) in [4.78, 5) is 35.9. The van der Waals surface area contributed by atoms with Crippen LogP contribution in [0.15, 0.2) is 24.3 Å². The molecule has 6 nitrogen and oxygen atoms in total. The van der Waals surface area contributed by atoms with E-state index < -0.39 is 12.1 Å². The van der Waals surface area contributed by atoms with E-state index in [1.807, 2.05) is 0 Å². The molecule has 0 fully saturated rings. The van der Waals surface area contributed by atoms with E-state index >= 15 is 0 Å². The first-order valence-corrected chi connectivity index (χ1v) is 18.8. The SMILES string of the molecule is CCCCC/C=C\C/C=C\CCCCCCCC(=O)O[C@H](COC(C)=O)COC(=O)CCCCCCCCCCCCCCC. The fraction of sp³-hybridized carbons (Fsp3) is 0.821. The Morgan fingerprint density at radius 1 is 0.489 bits per heavy atom. The molecular weight excluding hydrogens is 564 g/mol. The number of allylic oxidation sites excluding steroid dienone is 4. The topological polar surface area (TPSA) is 78.9 Å². The lowest BCUT2D eigenvalue weighted by Crippen LogP contribution is -2.30. The average Bonchev–Trinajstić information content (AvgIpc) is 3.02. The third kappa shape index (κ3) is 34.6. The molecule has 262 valence electrons. The van der Waals surface area contributed by atoms with Crippen molar-refractivity contribution in [3.8, 4) is 0 Å². The Balaban J connectivity index is 3.89. The van der Waals surface area contributed by atoms with Gasteiger partial charge in [0.05, 0.1) is 0 Å². The molecule has 0 aromatic carbocycles. The summed E-state index contributed by atoms with van der Waals surface area (Å²) in [6.45, 7) is 5.61. The van der Waals surface area contributed by atoms with Crippen LogP contribution < -0.4 is 0 Å². The second-order valence-electron chi connectivity index (χ2n) is 12.6. The number of hydrogen-bond donors (Lipinski definition) is 0. The zero-order valence-corrected chi connectivity index (χ0v) is 29.6. The molecule has 0 spiro atoms. The van der Waals surface area contributed by atoms with E-state index in [0.29, 0.717) is 12.8 Å². The largest absolute Gasteiger partial charge is 0.462 e. The van der Waals surface area contributed by atoms with Crippen LogP contribution in [0.4, 0.5) is 0 Å². The summed E-state index contributed by atoms with van der Waals surface area (Å²) in [5.41, 5.74) is 0. The van der Waals surface area contributed by atoms with E-state index in [-0.39, 0.29) is 25.2 Å². The van der Waals surface area contributed by atoms with Gasteiger partial charge in [0.2, 0.25) is 0 Å². The highest BCUT2D eigenvalue weighted by molar-refractivity contribution is 5.70. The number of rotatable bonds is 33. The van der Waals surface area contributed by atoms with Crippen molar-refractivity contribution in [2.75, 3.05) is 13.2 Å². The summed E-state index contributed by atoms with van der Waals surface area (Å²) < 4.78 is 15.9. The van der Waals surface area contributed by atoms with Crippen LogP contribution in [0, 0.1) is 0 Å². The molecule has 0 heterocycles. The highest BCUT2D eigenvalue weighted by Crippen LogP contribution is 2.14. The maximum atomic E-state index is 12.4. The minimum atomic E-state index is -0.769. The molecular formula is C39H70O6. The summed E-state index contributed by atoms with van der Waals surface area (Å²) in [6.07, 6.45) is 37.6. The molecule has 0 saturated carbocycles. The maximum absolute atomic E-state index is 12.4. The average molecular weight is 635 g/mol. The number of carbonyl (C=O) groups excluding carboxylic acids is 3. The Hall–Kier alpha value is -2.11. The van der Waals surface area contributed by atoms with Crippen molar-refractivity contribution in [1.29, 1.82) is 0 Å². The highest BCUT2D eigenvalue weighted by Gasteiger charge is 2.18. The molecule has 0 bridgehead atoms. The van der Waals surface area contributed by atoms with Crippen LogP contribution in [-0.4, -0.2) is 37.2 Å². The van der Waals surface area contributed by atoms with Gasteiger partial charge in [0.25, 0.3) is 0 Å². The molecule has 0 aliphatic heterocycles. The van der Waals surface area contributed by atoms with Gasteiger partial charge < -0.3 is 14.2 Å². The van der Waals surface area contributed by atoms with Crippen LogP contribution in [-0.2, 0) is 28.6 Å². The fourth-order valence-electron chi connectivity index (χ4n) is 5.20. The summed E-state index contributed by atoms with van der Waals surface area (Å²) in [5.74, 6) is -1.09. The van der Waals surface area contributed by atoms with Crippen molar-refractivity contribution in [3.05, 3.63) is 24.3 Å². The Kier molecular flexibility index (Phi) is 33.1. The third-order valence-corrected chi connectivity index (χ3v) is 8.02.